The van der Waals surface area contributed by atoms with Gasteiger partial charge in [-0.3, -0.25) is 9.59 Å². The first-order chi connectivity index (χ1) is 15.1. The fraction of sp³-hybridized carbons (Fsp3) is 0.240. The topological polar surface area (TPSA) is 70.8 Å². The number of aryl methyl sites for hydroxylation is 2. The Bertz CT molecular complexity index is 1330. The molecule has 1 aromatic heterocycles. The summed E-state index contributed by atoms with van der Waals surface area (Å²) in [6, 6.07) is 10.9. The molecule has 3 aliphatic heterocycles. The Morgan fingerprint density at radius 1 is 0.839 bits per heavy atom. The summed E-state index contributed by atoms with van der Waals surface area (Å²) in [7, 11) is 0. The summed E-state index contributed by atoms with van der Waals surface area (Å²) >= 11 is 0. The second kappa shape index (κ2) is 6.67. The van der Waals surface area contributed by atoms with Gasteiger partial charge in [0, 0.05) is 41.9 Å². The lowest BCUT2D eigenvalue weighted by Crippen LogP contribution is -2.34. The number of amides is 2. The van der Waals surface area contributed by atoms with Crippen LogP contribution in [-0.4, -0.2) is 24.9 Å². The van der Waals surface area contributed by atoms with Gasteiger partial charge in [0.05, 0.1) is 11.3 Å². The summed E-state index contributed by atoms with van der Waals surface area (Å²) in [6.45, 7) is 2.13. The molecule has 0 saturated heterocycles. The highest BCUT2D eigenvalue weighted by atomic mass is 16.4. The van der Waals surface area contributed by atoms with Crippen LogP contribution in [0.15, 0.2) is 57.8 Å². The molecule has 3 aromatic rings. The summed E-state index contributed by atoms with van der Waals surface area (Å²) in [5, 5.41) is 0.949. The fourth-order valence-corrected chi connectivity index (χ4v) is 5.09. The lowest BCUT2D eigenvalue weighted by molar-refractivity contribution is -0.119. The molecule has 0 fully saturated rings. The number of rotatable bonds is 2. The van der Waals surface area contributed by atoms with Crippen molar-refractivity contribution in [1.82, 2.24) is 0 Å². The molecule has 0 spiro atoms. The molecule has 6 nitrogen and oxygen atoms in total. The molecule has 3 aliphatic rings. The Morgan fingerprint density at radius 2 is 1.55 bits per heavy atom. The summed E-state index contributed by atoms with van der Waals surface area (Å²) in [4.78, 5) is 40.2. The van der Waals surface area contributed by atoms with Crippen molar-refractivity contribution in [2.75, 3.05) is 22.9 Å². The Morgan fingerprint density at radius 3 is 2.29 bits per heavy atom. The van der Waals surface area contributed by atoms with E-state index in [-0.39, 0.29) is 17.4 Å². The van der Waals surface area contributed by atoms with E-state index in [9.17, 15) is 14.4 Å². The van der Waals surface area contributed by atoms with Crippen LogP contribution in [0.1, 0.15) is 24.0 Å². The van der Waals surface area contributed by atoms with Crippen molar-refractivity contribution in [2.24, 2.45) is 0 Å². The first-order valence-corrected chi connectivity index (χ1v) is 10.6. The van der Waals surface area contributed by atoms with Gasteiger partial charge in [0.1, 0.15) is 5.58 Å². The normalized spacial score (nSPS) is 17.5. The van der Waals surface area contributed by atoms with Crippen LogP contribution in [-0.2, 0) is 22.4 Å². The van der Waals surface area contributed by atoms with E-state index in [1.807, 2.05) is 6.07 Å². The minimum absolute atomic E-state index is 0.365. The quantitative estimate of drug-likeness (QED) is 0.475. The zero-order valence-corrected chi connectivity index (χ0v) is 16.9. The Hall–Kier alpha value is -3.67. The van der Waals surface area contributed by atoms with E-state index < -0.39 is 0 Å². The average molecular weight is 412 g/mol. The summed E-state index contributed by atoms with van der Waals surface area (Å²) < 4.78 is 5.87. The molecule has 0 atom stereocenters. The van der Waals surface area contributed by atoms with Crippen LogP contribution in [0.25, 0.3) is 22.1 Å². The molecule has 0 unspecified atom stereocenters. The average Bonchev–Trinajstić information content (AvgIpc) is 3.12. The van der Waals surface area contributed by atoms with Crippen molar-refractivity contribution < 1.29 is 14.0 Å². The number of carbonyl (C=O) groups excluding carboxylic acids is 2. The number of nitrogens with zero attached hydrogens (tertiary/aromatic N) is 2. The molecule has 2 amide bonds. The highest BCUT2D eigenvalue weighted by molar-refractivity contribution is 6.28. The van der Waals surface area contributed by atoms with Gasteiger partial charge < -0.3 is 9.32 Å². The smallest absolute Gasteiger partial charge is 0.344 e. The summed E-state index contributed by atoms with van der Waals surface area (Å²) in [5.41, 5.74) is 5.75. The van der Waals surface area contributed by atoms with Gasteiger partial charge in [0.25, 0.3) is 11.8 Å². The summed E-state index contributed by atoms with van der Waals surface area (Å²) in [6.07, 6.45) is 6.70. The van der Waals surface area contributed by atoms with Crippen LogP contribution in [0.2, 0.25) is 0 Å². The van der Waals surface area contributed by atoms with Gasteiger partial charge in [0.2, 0.25) is 0 Å². The number of benzene rings is 2. The number of imide groups is 1. The van der Waals surface area contributed by atoms with Crippen LogP contribution in [0, 0.1) is 0 Å². The van der Waals surface area contributed by atoms with E-state index in [0.29, 0.717) is 22.4 Å². The predicted octanol–water partition coefficient (Wildman–Crippen LogP) is 3.59. The maximum atomic E-state index is 12.9. The molecule has 6 heteroatoms. The molecule has 0 bridgehead atoms. The second-order valence-corrected chi connectivity index (χ2v) is 8.31. The zero-order valence-electron chi connectivity index (χ0n) is 16.9. The maximum Gasteiger partial charge on any atom is 0.344 e. The van der Waals surface area contributed by atoms with Crippen LogP contribution in [0.3, 0.4) is 0 Å². The molecule has 31 heavy (non-hydrogen) atoms. The van der Waals surface area contributed by atoms with E-state index in [1.165, 1.54) is 23.4 Å². The highest BCUT2D eigenvalue weighted by Crippen LogP contribution is 2.40. The van der Waals surface area contributed by atoms with Gasteiger partial charge in [-0.2, -0.15) is 0 Å². The third-order valence-corrected chi connectivity index (χ3v) is 6.46. The van der Waals surface area contributed by atoms with E-state index >= 15 is 0 Å². The number of fused-ring (bicyclic) bond motifs is 2. The fourth-order valence-electron chi connectivity index (χ4n) is 5.09. The van der Waals surface area contributed by atoms with Crippen molar-refractivity contribution in [2.45, 2.75) is 25.7 Å². The monoisotopic (exact) mass is 412 g/mol. The Labute approximate surface area is 178 Å². The minimum atomic E-state index is -0.376. The SMILES string of the molecule is O=C1C=CC(=O)N1c1ccc(-c2cc3cc4c5c(c3oc2=O)CCCN5CCC4)cc1. The number of hydrogen-bond donors (Lipinski definition) is 0. The van der Waals surface area contributed by atoms with E-state index in [0.717, 1.165) is 54.6 Å². The maximum absolute atomic E-state index is 12.9. The molecule has 6 rings (SSSR count). The highest BCUT2D eigenvalue weighted by Gasteiger charge is 2.28. The third kappa shape index (κ3) is 2.75. The standard InChI is InChI=1S/C25H20N2O4/c28-21-9-10-22(29)27(21)18-7-5-15(6-8-18)20-14-17-13-16-3-1-11-26-12-2-4-19(23(16)26)24(17)31-25(20)30/h5-10,13-14H,1-4,11-12H2. The van der Waals surface area contributed by atoms with Gasteiger partial charge in [-0.15, -0.1) is 0 Å². The lowest BCUT2D eigenvalue weighted by Gasteiger charge is -2.37. The van der Waals surface area contributed by atoms with Crippen molar-refractivity contribution in [3.63, 3.8) is 0 Å². The van der Waals surface area contributed by atoms with Crippen molar-refractivity contribution >= 4 is 34.2 Å². The molecule has 4 heterocycles. The van der Waals surface area contributed by atoms with Gasteiger partial charge >= 0.3 is 5.63 Å². The van der Waals surface area contributed by atoms with E-state index in [2.05, 4.69) is 11.0 Å². The van der Waals surface area contributed by atoms with Crippen LogP contribution in [0.5, 0.6) is 0 Å². The number of hydrogen-bond acceptors (Lipinski definition) is 5. The Balaban J connectivity index is 1.45. The van der Waals surface area contributed by atoms with E-state index in [1.54, 1.807) is 24.3 Å². The van der Waals surface area contributed by atoms with Gasteiger partial charge in [-0.1, -0.05) is 12.1 Å². The van der Waals surface area contributed by atoms with Gasteiger partial charge in [0.15, 0.2) is 0 Å². The van der Waals surface area contributed by atoms with Crippen LogP contribution in [0.4, 0.5) is 11.4 Å². The predicted molar refractivity (Wildman–Crippen MR) is 118 cm³/mol. The second-order valence-electron chi connectivity index (χ2n) is 8.31. The van der Waals surface area contributed by atoms with Crippen molar-refractivity contribution in [3.05, 3.63) is 70.1 Å². The lowest BCUT2D eigenvalue weighted by atomic mass is 9.89. The van der Waals surface area contributed by atoms with E-state index in [4.69, 9.17) is 4.42 Å². The molecule has 0 N–H and O–H groups in total. The largest absolute Gasteiger partial charge is 0.422 e. The summed E-state index contributed by atoms with van der Waals surface area (Å²) in [5.74, 6) is -0.730. The first-order valence-electron chi connectivity index (χ1n) is 10.6. The van der Waals surface area contributed by atoms with Crippen molar-refractivity contribution in [3.8, 4) is 11.1 Å². The number of carbonyl (C=O) groups is 2. The molecule has 2 aromatic carbocycles. The number of anilines is 2. The van der Waals surface area contributed by atoms with Crippen LogP contribution >= 0.6 is 0 Å². The molecule has 154 valence electrons. The molecule has 0 saturated carbocycles. The Kier molecular flexibility index (Phi) is 3.90. The van der Waals surface area contributed by atoms with Gasteiger partial charge in [-0.25, -0.2) is 9.69 Å². The molecular formula is C25H20N2O4. The van der Waals surface area contributed by atoms with Crippen LogP contribution < -0.4 is 15.4 Å². The first kappa shape index (κ1) is 18.1. The minimum Gasteiger partial charge on any atom is -0.422 e. The van der Waals surface area contributed by atoms with Gasteiger partial charge in [-0.05, 0) is 61.1 Å². The molecule has 0 radical (unpaired) electrons. The third-order valence-electron chi connectivity index (χ3n) is 6.46. The zero-order chi connectivity index (χ0) is 21.1. The van der Waals surface area contributed by atoms with Crippen molar-refractivity contribution in [1.29, 1.82) is 0 Å². The molecule has 0 aliphatic carbocycles. The molecular weight excluding hydrogens is 392 g/mol.